The molecule has 0 radical (unpaired) electrons. The lowest BCUT2D eigenvalue weighted by Gasteiger charge is -2.16. The first-order valence-electron chi connectivity index (χ1n) is 11.3. The van der Waals surface area contributed by atoms with E-state index in [0.717, 1.165) is 49.2 Å². The number of fused-ring (bicyclic) bond motifs is 3. The Morgan fingerprint density at radius 3 is 2.82 bits per heavy atom. The lowest BCUT2D eigenvalue weighted by atomic mass is 10.0. The number of aryl methyl sites for hydroxylation is 2. The monoisotopic (exact) mass is 456 g/mol. The Bertz CT molecular complexity index is 1320. The van der Waals surface area contributed by atoms with Crippen LogP contribution in [0.25, 0.3) is 17.2 Å². The Kier molecular flexibility index (Phi) is 5.02. The van der Waals surface area contributed by atoms with Crippen LogP contribution >= 0.6 is 11.3 Å². The summed E-state index contributed by atoms with van der Waals surface area (Å²) in [6.07, 6.45) is 8.81. The number of rotatable bonds is 5. The fourth-order valence-corrected chi connectivity index (χ4v) is 5.17. The summed E-state index contributed by atoms with van der Waals surface area (Å²) >= 11 is 1.53. The lowest BCUT2D eigenvalue weighted by Crippen LogP contribution is -2.27. The minimum Gasteiger partial charge on any atom is -0.336 e. The molecule has 7 nitrogen and oxygen atoms in total. The quantitative estimate of drug-likeness (QED) is 0.444. The fraction of sp³-hybridized carbons (Fsp3) is 0.320. The first kappa shape index (κ1) is 20.2. The molecule has 1 aromatic carbocycles. The van der Waals surface area contributed by atoms with Gasteiger partial charge in [0, 0.05) is 30.1 Å². The molecule has 1 amide bonds. The number of nitrogens with zero attached hydrogens (tertiary/aromatic N) is 6. The minimum atomic E-state index is -0.0451. The van der Waals surface area contributed by atoms with Crippen molar-refractivity contribution in [2.24, 2.45) is 0 Å². The molecule has 0 atom stereocenters. The molecule has 33 heavy (non-hydrogen) atoms. The molecule has 1 fully saturated rings. The van der Waals surface area contributed by atoms with Crippen molar-refractivity contribution in [3.8, 4) is 17.2 Å². The second-order valence-electron chi connectivity index (χ2n) is 8.83. The molecule has 0 bridgehead atoms. The van der Waals surface area contributed by atoms with Gasteiger partial charge in [0.25, 0.3) is 11.9 Å². The van der Waals surface area contributed by atoms with E-state index in [-0.39, 0.29) is 5.91 Å². The Hall–Kier alpha value is -3.39. The van der Waals surface area contributed by atoms with E-state index in [4.69, 9.17) is 4.98 Å². The van der Waals surface area contributed by atoms with Gasteiger partial charge in [-0.2, -0.15) is 5.10 Å². The Morgan fingerprint density at radius 1 is 1.15 bits per heavy atom. The molecule has 166 valence electrons. The van der Waals surface area contributed by atoms with E-state index < -0.39 is 0 Å². The maximum Gasteiger partial charge on any atom is 0.257 e. The van der Waals surface area contributed by atoms with E-state index in [9.17, 15) is 4.79 Å². The van der Waals surface area contributed by atoms with Crippen LogP contribution in [0.15, 0.2) is 47.5 Å². The normalized spacial score (nSPS) is 14.9. The largest absolute Gasteiger partial charge is 0.336 e. The summed E-state index contributed by atoms with van der Waals surface area (Å²) in [5.41, 5.74) is 8.89. The Labute approximate surface area is 196 Å². The van der Waals surface area contributed by atoms with Crippen LogP contribution in [0.4, 0.5) is 0 Å². The number of carbonyl (C=O) groups is 1. The van der Waals surface area contributed by atoms with Crippen molar-refractivity contribution in [3.63, 3.8) is 0 Å². The molecule has 8 heteroatoms. The predicted molar refractivity (Wildman–Crippen MR) is 127 cm³/mol. The van der Waals surface area contributed by atoms with Crippen molar-refractivity contribution in [2.45, 2.75) is 44.6 Å². The molecule has 3 aromatic heterocycles. The molecule has 4 aromatic rings. The molecule has 0 unspecified atom stereocenters. The molecule has 2 aliphatic carbocycles. The van der Waals surface area contributed by atoms with Gasteiger partial charge >= 0.3 is 0 Å². The van der Waals surface area contributed by atoms with Crippen LogP contribution in [-0.4, -0.2) is 42.6 Å². The average molecular weight is 457 g/mol. The smallest absolute Gasteiger partial charge is 0.257 e. The Balaban J connectivity index is 1.39. The first-order valence-corrected chi connectivity index (χ1v) is 12.3. The van der Waals surface area contributed by atoms with Gasteiger partial charge in [0.2, 0.25) is 0 Å². The van der Waals surface area contributed by atoms with Gasteiger partial charge in [0.1, 0.15) is 0 Å². The van der Waals surface area contributed by atoms with E-state index >= 15 is 0 Å². The van der Waals surface area contributed by atoms with Gasteiger partial charge < -0.3 is 4.90 Å². The topological polar surface area (TPSA) is 76.8 Å². The first-order chi connectivity index (χ1) is 16.2. The number of thiazole rings is 1. The highest BCUT2D eigenvalue weighted by Crippen LogP contribution is 2.42. The zero-order chi connectivity index (χ0) is 22.4. The van der Waals surface area contributed by atoms with Gasteiger partial charge in [0.05, 0.1) is 40.9 Å². The van der Waals surface area contributed by atoms with Crippen molar-refractivity contribution in [2.75, 3.05) is 7.05 Å². The van der Waals surface area contributed by atoms with Crippen LogP contribution in [0, 0.1) is 0 Å². The van der Waals surface area contributed by atoms with Crippen LogP contribution in [0.1, 0.15) is 58.1 Å². The SMILES string of the molecule is CN(Cc1cscn1)C(=O)c1cnn(-c2ncc3c(n2)-c2ccccc2CCC3)c1C1CC1. The molecule has 3 heterocycles. The van der Waals surface area contributed by atoms with Crippen LogP contribution in [0.5, 0.6) is 0 Å². The van der Waals surface area contributed by atoms with Gasteiger partial charge in [0.15, 0.2) is 0 Å². The fourth-order valence-electron chi connectivity index (χ4n) is 4.62. The second kappa shape index (κ2) is 8.19. The van der Waals surface area contributed by atoms with Gasteiger partial charge in [-0.1, -0.05) is 24.3 Å². The van der Waals surface area contributed by atoms with Gasteiger partial charge in [-0.05, 0) is 43.2 Å². The molecule has 0 spiro atoms. The molecule has 0 N–H and O–H groups in total. The molecule has 0 aliphatic heterocycles. The van der Waals surface area contributed by atoms with E-state index in [1.807, 2.05) is 18.6 Å². The number of amides is 1. The van der Waals surface area contributed by atoms with Crippen LogP contribution < -0.4 is 0 Å². The van der Waals surface area contributed by atoms with Gasteiger partial charge in [-0.25, -0.2) is 19.6 Å². The van der Waals surface area contributed by atoms with E-state index in [1.54, 1.807) is 21.3 Å². The summed E-state index contributed by atoms with van der Waals surface area (Å²) in [4.78, 5) is 29.0. The summed E-state index contributed by atoms with van der Waals surface area (Å²) in [5, 5.41) is 6.58. The average Bonchev–Trinajstić information content (AvgIpc) is 3.43. The summed E-state index contributed by atoms with van der Waals surface area (Å²) in [5.74, 6) is 0.804. The Morgan fingerprint density at radius 2 is 2.00 bits per heavy atom. The third kappa shape index (κ3) is 3.74. The van der Waals surface area contributed by atoms with Gasteiger partial charge in [-0.3, -0.25) is 4.79 Å². The third-order valence-electron chi connectivity index (χ3n) is 6.44. The number of hydrogen-bond donors (Lipinski definition) is 0. The highest BCUT2D eigenvalue weighted by molar-refractivity contribution is 7.07. The second-order valence-corrected chi connectivity index (χ2v) is 9.54. The molecule has 2 aliphatic rings. The number of carbonyl (C=O) groups excluding carboxylic acids is 1. The number of hydrogen-bond acceptors (Lipinski definition) is 6. The van der Waals surface area contributed by atoms with Crippen molar-refractivity contribution in [1.82, 2.24) is 29.6 Å². The van der Waals surface area contributed by atoms with Crippen LogP contribution in [0.3, 0.4) is 0 Å². The summed E-state index contributed by atoms with van der Waals surface area (Å²) < 4.78 is 1.79. The number of aromatic nitrogens is 5. The minimum absolute atomic E-state index is 0.0451. The molecular formula is C25H24N6OS. The molecule has 1 saturated carbocycles. The molecule has 0 saturated heterocycles. The van der Waals surface area contributed by atoms with Crippen molar-refractivity contribution in [1.29, 1.82) is 0 Å². The van der Waals surface area contributed by atoms with Crippen molar-refractivity contribution in [3.05, 3.63) is 75.6 Å². The molecule has 6 rings (SSSR count). The lowest BCUT2D eigenvalue weighted by molar-refractivity contribution is 0.0782. The molecular weight excluding hydrogens is 432 g/mol. The maximum absolute atomic E-state index is 13.3. The van der Waals surface area contributed by atoms with Crippen molar-refractivity contribution < 1.29 is 4.79 Å². The van der Waals surface area contributed by atoms with E-state index in [0.29, 0.717) is 24.0 Å². The third-order valence-corrected chi connectivity index (χ3v) is 7.07. The van der Waals surface area contributed by atoms with Crippen molar-refractivity contribution >= 4 is 17.2 Å². The van der Waals surface area contributed by atoms with Crippen LogP contribution in [0.2, 0.25) is 0 Å². The summed E-state index contributed by atoms with van der Waals surface area (Å²) in [7, 11) is 1.81. The highest BCUT2D eigenvalue weighted by Gasteiger charge is 2.34. The van der Waals surface area contributed by atoms with Gasteiger partial charge in [-0.15, -0.1) is 11.3 Å². The van der Waals surface area contributed by atoms with Crippen LogP contribution in [-0.2, 0) is 19.4 Å². The van der Waals surface area contributed by atoms with E-state index in [1.165, 1.54) is 28.0 Å². The zero-order valence-corrected chi connectivity index (χ0v) is 19.3. The predicted octanol–water partition coefficient (Wildman–Crippen LogP) is 4.42. The maximum atomic E-state index is 13.3. The summed E-state index contributed by atoms with van der Waals surface area (Å²) in [6, 6.07) is 8.48. The standard InChI is InChI=1S/C25H24N6OS/c1-30(13-19-14-33-15-27-19)24(32)21-12-28-31(23(21)17-9-10-17)25-26-11-18-7-4-6-16-5-2-3-8-20(16)22(18)29-25/h2-3,5,8,11-12,14-15,17H,4,6-7,9-10,13H2,1H3. The number of benzene rings is 1. The highest BCUT2D eigenvalue weighted by atomic mass is 32.1. The zero-order valence-electron chi connectivity index (χ0n) is 18.4. The van der Waals surface area contributed by atoms with E-state index in [2.05, 4.69) is 39.3 Å². The summed E-state index contributed by atoms with van der Waals surface area (Å²) in [6.45, 7) is 0.476.